The summed E-state index contributed by atoms with van der Waals surface area (Å²) in [6.45, 7) is 3.07. The van der Waals surface area contributed by atoms with Crippen molar-refractivity contribution in [2.45, 2.75) is 135 Å². The summed E-state index contributed by atoms with van der Waals surface area (Å²) in [5.74, 6) is 0. The highest BCUT2D eigenvalue weighted by molar-refractivity contribution is 7.38. The van der Waals surface area contributed by atoms with E-state index in [1.54, 1.807) is 14.1 Å². The van der Waals surface area contributed by atoms with Crippen LogP contribution < -0.4 is 0 Å². The minimum absolute atomic E-state index is 0.126. The summed E-state index contributed by atoms with van der Waals surface area (Å²) in [5, 5.41) is 11.4. The van der Waals surface area contributed by atoms with Crippen LogP contribution in [0.3, 0.4) is 0 Å². The summed E-state index contributed by atoms with van der Waals surface area (Å²) in [7, 11) is 0.871. The Bertz CT molecular complexity index is 309. The SMILES string of the molecule is CCCCCCCCCCCCCCCCCCCCCC[N+](C)(C)[O-].OP(O)O. The van der Waals surface area contributed by atoms with Gasteiger partial charge in [-0.1, -0.05) is 122 Å². The molecular formula is C24H54NO4P. The molecule has 30 heavy (non-hydrogen) atoms. The van der Waals surface area contributed by atoms with Gasteiger partial charge in [0, 0.05) is 0 Å². The van der Waals surface area contributed by atoms with Crippen molar-refractivity contribution in [3.05, 3.63) is 5.21 Å². The molecule has 184 valence electrons. The van der Waals surface area contributed by atoms with E-state index < -0.39 is 8.60 Å². The molecule has 0 spiro atoms. The van der Waals surface area contributed by atoms with E-state index in [1.165, 1.54) is 122 Å². The third kappa shape index (κ3) is 38.8. The topological polar surface area (TPSA) is 83.8 Å². The van der Waals surface area contributed by atoms with Crippen LogP contribution >= 0.6 is 8.60 Å². The quantitative estimate of drug-likeness (QED) is 0.0727. The van der Waals surface area contributed by atoms with Gasteiger partial charge >= 0.3 is 8.60 Å². The lowest BCUT2D eigenvalue weighted by Crippen LogP contribution is -2.32. The van der Waals surface area contributed by atoms with Gasteiger partial charge in [-0.2, -0.15) is 0 Å². The molecule has 6 heteroatoms. The van der Waals surface area contributed by atoms with E-state index in [0.29, 0.717) is 0 Å². The lowest BCUT2D eigenvalue weighted by Gasteiger charge is -2.33. The minimum Gasteiger partial charge on any atom is -0.633 e. The fourth-order valence-corrected chi connectivity index (χ4v) is 3.75. The number of hydrogen-bond acceptors (Lipinski definition) is 4. The van der Waals surface area contributed by atoms with Crippen LogP contribution in [0.5, 0.6) is 0 Å². The Hall–Kier alpha value is 0.230. The fraction of sp³-hybridized carbons (Fsp3) is 1.00. The second-order valence-corrected chi connectivity index (χ2v) is 9.82. The molecule has 3 N–H and O–H groups in total. The van der Waals surface area contributed by atoms with Gasteiger partial charge in [-0.15, -0.1) is 0 Å². The molecule has 0 bridgehead atoms. The summed E-state index contributed by atoms with van der Waals surface area (Å²) < 4.78 is -0.126. The summed E-state index contributed by atoms with van der Waals surface area (Å²) in [6, 6.07) is 0. The predicted molar refractivity (Wildman–Crippen MR) is 132 cm³/mol. The van der Waals surface area contributed by atoms with Crippen molar-refractivity contribution in [3.8, 4) is 0 Å². The Morgan fingerprint density at radius 3 is 0.900 bits per heavy atom. The molecule has 0 aliphatic heterocycles. The molecular weight excluding hydrogens is 397 g/mol. The first-order valence-electron chi connectivity index (χ1n) is 12.7. The molecule has 0 saturated carbocycles. The number of nitrogens with zero attached hydrogens (tertiary/aromatic N) is 1. The van der Waals surface area contributed by atoms with E-state index in [-0.39, 0.29) is 4.65 Å². The first kappa shape index (κ1) is 32.4. The third-order valence-corrected chi connectivity index (χ3v) is 5.55. The second-order valence-electron chi connectivity index (χ2n) is 9.28. The Morgan fingerprint density at radius 2 is 0.700 bits per heavy atom. The zero-order chi connectivity index (χ0) is 22.9. The highest BCUT2D eigenvalue weighted by atomic mass is 31.2. The van der Waals surface area contributed by atoms with Crippen molar-refractivity contribution in [3.63, 3.8) is 0 Å². The number of unbranched alkanes of at least 4 members (excludes halogenated alkanes) is 19. The van der Waals surface area contributed by atoms with E-state index in [2.05, 4.69) is 6.92 Å². The van der Waals surface area contributed by atoms with Crippen LogP contribution in [0, 0.1) is 5.21 Å². The van der Waals surface area contributed by atoms with Gasteiger partial charge in [-0.3, -0.25) is 0 Å². The molecule has 0 heterocycles. The maximum atomic E-state index is 11.4. The van der Waals surface area contributed by atoms with Gasteiger partial charge in [0.25, 0.3) is 0 Å². The van der Waals surface area contributed by atoms with Crippen molar-refractivity contribution < 1.29 is 19.3 Å². The zero-order valence-electron chi connectivity index (χ0n) is 20.5. The van der Waals surface area contributed by atoms with Gasteiger partial charge in [0.1, 0.15) is 0 Å². The summed E-state index contributed by atoms with van der Waals surface area (Å²) in [6.07, 6.45) is 28.1. The number of hydrogen-bond donors (Lipinski definition) is 3. The third-order valence-electron chi connectivity index (χ3n) is 5.55. The molecule has 0 saturated heterocycles. The van der Waals surface area contributed by atoms with E-state index in [9.17, 15) is 5.21 Å². The van der Waals surface area contributed by atoms with Crippen molar-refractivity contribution in [1.82, 2.24) is 0 Å². The summed E-state index contributed by atoms with van der Waals surface area (Å²) >= 11 is 0. The average Bonchev–Trinajstić information content (AvgIpc) is 2.65. The van der Waals surface area contributed by atoms with Gasteiger partial charge in [0.15, 0.2) is 0 Å². The van der Waals surface area contributed by atoms with E-state index >= 15 is 0 Å². The molecule has 0 radical (unpaired) electrons. The molecule has 0 amide bonds. The van der Waals surface area contributed by atoms with Crippen molar-refractivity contribution in [2.75, 3.05) is 20.6 Å². The first-order valence-corrected chi connectivity index (χ1v) is 13.9. The number of quaternary nitrogens is 1. The van der Waals surface area contributed by atoms with Crippen LogP contribution in [-0.4, -0.2) is 40.0 Å². The highest BCUT2D eigenvalue weighted by Gasteiger charge is 2.00. The monoisotopic (exact) mass is 451 g/mol. The maximum absolute atomic E-state index is 11.4. The Balaban J connectivity index is 0. The molecule has 0 aromatic carbocycles. The molecule has 0 aromatic rings. The molecule has 0 atom stereocenters. The van der Waals surface area contributed by atoms with Crippen LogP contribution in [0.4, 0.5) is 0 Å². The minimum atomic E-state index is -2.62. The van der Waals surface area contributed by atoms with E-state index in [1.807, 2.05) is 0 Å². The van der Waals surface area contributed by atoms with Crippen LogP contribution in [0.1, 0.15) is 135 Å². The second kappa shape index (κ2) is 25.5. The van der Waals surface area contributed by atoms with E-state index in [0.717, 1.165) is 13.0 Å². The lowest BCUT2D eigenvalue weighted by molar-refractivity contribution is -0.840. The Kier molecular flexibility index (Phi) is 27.5. The van der Waals surface area contributed by atoms with Crippen LogP contribution in [0.15, 0.2) is 0 Å². The van der Waals surface area contributed by atoms with Crippen LogP contribution in [-0.2, 0) is 0 Å². The molecule has 5 nitrogen and oxygen atoms in total. The molecule has 0 rings (SSSR count). The zero-order valence-corrected chi connectivity index (χ0v) is 21.4. The number of rotatable bonds is 21. The lowest BCUT2D eigenvalue weighted by atomic mass is 10.0. The fourth-order valence-electron chi connectivity index (χ4n) is 3.75. The molecule has 0 unspecified atom stereocenters. The molecule has 0 fully saturated rings. The molecule has 0 aromatic heterocycles. The highest BCUT2D eigenvalue weighted by Crippen LogP contribution is 2.15. The standard InChI is InChI=1S/C24H51NO.H3O3P/c1-4-5-6-7-8-9-10-11-12-13-14-15-16-17-18-19-20-21-22-23-24-25(2,3)26;1-4(2)3/h4-24H2,1-3H3;1-3H. The van der Waals surface area contributed by atoms with Gasteiger partial charge in [-0.25, -0.2) is 0 Å². The van der Waals surface area contributed by atoms with Crippen molar-refractivity contribution >= 4 is 8.60 Å². The number of hydroxylamine groups is 3. The smallest absolute Gasteiger partial charge is 0.324 e. The average molecular weight is 452 g/mol. The Morgan fingerprint density at radius 1 is 0.500 bits per heavy atom. The van der Waals surface area contributed by atoms with Crippen LogP contribution in [0.2, 0.25) is 0 Å². The van der Waals surface area contributed by atoms with Gasteiger partial charge in [0.2, 0.25) is 0 Å². The van der Waals surface area contributed by atoms with E-state index in [4.69, 9.17) is 14.7 Å². The van der Waals surface area contributed by atoms with Crippen molar-refractivity contribution in [1.29, 1.82) is 0 Å². The summed E-state index contributed by atoms with van der Waals surface area (Å²) in [5.41, 5.74) is 0. The van der Waals surface area contributed by atoms with Crippen LogP contribution in [0.25, 0.3) is 0 Å². The Labute approximate surface area is 189 Å². The normalized spacial score (nSPS) is 11.6. The van der Waals surface area contributed by atoms with Gasteiger partial charge in [-0.05, 0) is 12.8 Å². The van der Waals surface area contributed by atoms with Gasteiger partial charge < -0.3 is 24.5 Å². The first-order chi connectivity index (χ1) is 14.3. The molecule has 0 aliphatic carbocycles. The maximum Gasteiger partial charge on any atom is 0.324 e. The van der Waals surface area contributed by atoms with Gasteiger partial charge in [0.05, 0.1) is 20.6 Å². The summed E-state index contributed by atoms with van der Waals surface area (Å²) in [4.78, 5) is 21.7. The van der Waals surface area contributed by atoms with Crippen molar-refractivity contribution in [2.24, 2.45) is 0 Å². The largest absolute Gasteiger partial charge is 0.633 e. The molecule has 0 aliphatic rings. The predicted octanol–water partition coefficient (Wildman–Crippen LogP) is 7.57.